The van der Waals surface area contributed by atoms with Gasteiger partial charge in [-0.3, -0.25) is 14.5 Å². The van der Waals surface area contributed by atoms with E-state index in [9.17, 15) is 9.59 Å². The number of thiophene rings is 2. The van der Waals surface area contributed by atoms with Gasteiger partial charge in [-0.25, -0.2) is 0 Å². The molecule has 0 bridgehead atoms. The summed E-state index contributed by atoms with van der Waals surface area (Å²) in [5.41, 5.74) is 1.87. The molecule has 33 heavy (non-hydrogen) atoms. The number of rotatable bonds is 9. The number of methoxy groups -OCH3 is 1. The van der Waals surface area contributed by atoms with Gasteiger partial charge in [-0.05, 0) is 60.0 Å². The Morgan fingerprint density at radius 3 is 2.73 bits per heavy atom. The van der Waals surface area contributed by atoms with Crippen molar-refractivity contribution in [1.82, 2.24) is 9.80 Å². The minimum atomic E-state index is -0.158. The summed E-state index contributed by atoms with van der Waals surface area (Å²) in [6.07, 6.45) is 1.74. The summed E-state index contributed by atoms with van der Waals surface area (Å²) >= 11 is 3.45. The minimum Gasteiger partial charge on any atom is -0.495 e. The van der Waals surface area contributed by atoms with E-state index in [2.05, 4.69) is 35.1 Å². The van der Waals surface area contributed by atoms with E-state index in [0.29, 0.717) is 24.5 Å². The Balaban J connectivity index is 1.46. The summed E-state index contributed by atoms with van der Waals surface area (Å²) < 4.78 is 5.32. The number of carbonyl (C=O) groups is 2. The Labute approximate surface area is 202 Å². The lowest BCUT2D eigenvalue weighted by Gasteiger charge is -2.36. The van der Waals surface area contributed by atoms with E-state index in [1.54, 1.807) is 29.8 Å². The molecule has 4 rings (SSSR count). The summed E-state index contributed by atoms with van der Waals surface area (Å²) in [4.78, 5) is 32.7. The molecule has 0 spiro atoms. The van der Waals surface area contributed by atoms with Crippen molar-refractivity contribution < 1.29 is 14.3 Å². The molecule has 3 aromatic rings. The number of fused-ring (bicyclic) bond motifs is 1. The van der Waals surface area contributed by atoms with Crippen LogP contribution in [-0.4, -0.2) is 54.9 Å². The van der Waals surface area contributed by atoms with Crippen LogP contribution in [0, 0.1) is 0 Å². The summed E-state index contributed by atoms with van der Waals surface area (Å²) in [6.45, 7) is 3.80. The van der Waals surface area contributed by atoms with E-state index in [1.165, 1.54) is 15.3 Å². The van der Waals surface area contributed by atoms with Crippen LogP contribution in [0.2, 0.25) is 0 Å². The van der Waals surface area contributed by atoms with Crippen LogP contribution in [0.5, 0.6) is 5.75 Å². The summed E-state index contributed by atoms with van der Waals surface area (Å²) in [5, 5.41) is 7.09. The van der Waals surface area contributed by atoms with Crippen molar-refractivity contribution in [3.05, 3.63) is 68.5 Å². The zero-order valence-electron chi connectivity index (χ0n) is 19.0. The maximum atomic E-state index is 13.5. The fraction of sp³-hybridized carbons (Fsp3) is 0.360. The fourth-order valence-electron chi connectivity index (χ4n) is 4.29. The minimum absolute atomic E-state index is 0.0432. The molecule has 3 heterocycles. The van der Waals surface area contributed by atoms with Gasteiger partial charge in [-0.2, -0.15) is 0 Å². The average molecular weight is 484 g/mol. The van der Waals surface area contributed by atoms with E-state index in [0.717, 1.165) is 12.8 Å². The smallest absolute Gasteiger partial charge is 0.238 e. The van der Waals surface area contributed by atoms with Crippen LogP contribution in [-0.2, 0) is 16.0 Å². The zero-order valence-corrected chi connectivity index (χ0v) is 20.6. The number of anilines is 1. The van der Waals surface area contributed by atoms with Gasteiger partial charge >= 0.3 is 0 Å². The zero-order chi connectivity index (χ0) is 23.2. The Bertz CT molecular complexity index is 1080. The van der Waals surface area contributed by atoms with Crippen molar-refractivity contribution in [2.45, 2.75) is 25.8 Å². The van der Waals surface area contributed by atoms with Crippen LogP contribution >= 0.6 is 22.7 Å². The molecule has 6 nitrogen and oxygen atoms in total. The second-order valence-corrected chi connectivity index (χ2v) is 9.99. The number of amides is 2. The van der Waals surface area contributed by atoms with Crippen molar-refractivity contribution in [1.29, 1.82) is 0 Å². The van der Waals surface area contributed by atoms with E-state index in [1.807, 2.05) is 40.1 Å². The number of para-hydroxylation sites is 2. The highest BCUT2D eigenvalue weighted by atomic mass is 32.1. The van der Waals surface area contributed by atoms with Crippen LogP contribution in [0.3, 0.4) is 0 Å². The van der Waals surface area contributed by atoms with Gasteiger partial charge in [0, 0.05) is 16.3 Å². The van der Waals surface area contributed by atoms with Gasteiger partial charge in [-0.15, -0.1) is 22.7 Å². The molecule has 0 saturated carbocycles. The lowest BCUT2D eigenvalue weighted by molar-refractivity contribution is -0.134. The van der Waals surface area contributed by atoms with Crippen molar-refractivity contribution in [2.24, 2.45) is 0 Å². The van der Waals surface area contributed by atoms with Crippen LogP contribution in [0.1, 0.15) is 34.7 Å². The van der Waals surface area contributed by atoms with Gasteiger partial charge in [0.05, 0.1) is 31.9 Å². The van der Waals surface area contributed by atoms with E-state index >= 15 is 0 Å². The molecule has 1 aliphatic rings. The highest BCUT2D eigenvalue weighted by molar-refractivity contribution is 7.10. The third-order valence-corrected chi connectivity index (χ3v) is 7.67. The van der Waals surface area contributed by atoms with Gasteiger partial charge in [0.25, 0.3) is 0 Å². The molecule has 8 heteroatoms. The van der Waals surface area contributed by atoms with Gasteiger partial charge in [0.15, 0.2) is 0 Å². The Kier molecular flexibility index (Phi) is 7.80. The Hall–Kier alpha value is -2.68. The molecule has 1 atom stereocenters. The molecule has 0 radical (unpaired) electrons. The highest BCUT2D eigenvalue weighted by Crippen LogP contribution is 2.39. The van der Waals surface area contributed by atoms with Gasteiger partial charge < -0.3 is 15.0 Å². The van der Waals surface area contributed by atoms with Gasteiger partial charge in [0.1, 0.15) is 5.75 Å². The molecule has 1 N–H and O–H groups in total. The molecule has 0 fully saturated rings. The maximum absolute atomic E-state index is 13.5. The average Bonchev–Trinajstić information content (AvgIpc) is 3.51. The standard InChI is InChI=1S/C25H29N3O3S2/c1-3-12-27(16-23(29)26-19-7-4-5-8-20(19)31-2)17-24(30)28-13-10-21-18(11-15-33-21)25(28)22-9-6-14-32-22/h4-9,11,14-15,25H,3,10,12-13,16-17H2,1-2H3,(H,26,29). The van der Waals surface area contributed by atoms with Crippen molar-refractivity contribution in [3.8, 4) is 5.75 Å². The molecule has 0 aliphatic carbocycles. The first-order valence-electron chi connectivity index (χ1n) is 11.1. The normalized spacial score (nSPS) is 15.4. The summed E-state index contributed by atoms with van der Waals surface area (Å²) in [7, 11) is 1.58. The van der Waals surface area contributed by atoms with Gasteiger partial charge in [0.2, 0.25) is 11.8 Å². The molecule has 1 aromatic carbocycles. The van der Waals surface area contributed by atoms with E-state index < -0.39 is 0 Å². The molecule has 2 aromatic heterocycles. The molecule has 174 valence electrons. The predicted molar refractivity (Wildman–Crippen MR) is 134 cm³/mol. The molecule has 0 saturated heterocycles. The number of nitrogens with one attached hydrogen (secondary N) is 1. The lowest BCUT2D eigenvalue weighted by atomic mass is 9.98. The third kappa shape index (κ3) is 5.46. The molecular formula is C25H29N3O3S2. The van der Waals surface area contributed by atoms with E-state index in [-0.39, 0.29) is 30.9 Å². The fourth-order valence-corrected chi connectivity index (χ4v) is 6.05. The van der Waals surface area contributed by atoms with Crippen LogP contribution in [0.25, 0.3) is 0 Å². The van der Waals surface area contributed by atoms with Gasteiger partial charge in [-0.1, -0.05) is 25.1 Å². The second-order valence-electron chi connectivity index (χ2n) is 8.01. The molecule has 2 amide bonds. The first-order valence-corrected chi connectivity index (χ1v) is 12.9. The second kappa shape index (κ2) is 11.0. The first-order chi connectivity index (χ1) is 16.1. The first kappa shape index (κ1) is 23.5. The summed E-state index contributed by atoms with van der Waals surface area (Å²) in [6, 6.07) is 13.6. The monoisotopic (exact) mass is 483 g/mol. The van der Waals surface area contributed by atoms with Crippen LogP contribution < -0.4 is 10.1 Å². The number of hydrogen-bond acceptors (Lipinski definition) is 6. The number of benzene rings is 1. The van der Waals surface area contributed by atoms with Crippen LogP contribution in [0.4, 0.5) is 5.69 Å². The number of nitrogens with zero attached hydrogens (tertiary/aromatic N) is 2. The maximum Gasteiger partial charge on any atom is 0.238 e. The Morgan fingerprint density at radius 2 is 1.97 bits per heavy atom. The number of hydrogen-bond donors (Lipinski definition) is 1. The largest absolute Gasteiger partial charge is 0.495 e. The van der Waals surface area contributed by atoms with Crippen molar-refractivity contribution in [3.63, 3.8) is 0 Å². The summed E-state index contributed by atoms with van der Waals surface area (Å²) in [5.74, 6) is 0.515. The molecule has 1 aliphatic heterocycles. The van der Waals surface area contributed by atoms with E-state index in [4.69, 9.17) is 4.74 Å². The third-order valence-electron chi connectivity index (χ3n) is 5.75. The molecular weight excluding hydrogens is 454 g/mol. The quantitative estimate of drug-likeness (QED) is 0.482. The van der Waals surface area contributed by atoms with Crippen molar-refractivity contribution >= 4 is 40.2 Å². The lowest BCUT2D eigenvalue weighted by Crippen LogP contribution is -2.46. The predicted octanol–water partition coefficient (Wildman–Crippen LogP) is 4.64. The SMILES string of the molecule is CCCN(CC(=O)Nc1ccccc1OC)CC(=O)N1CCc2sccc2C1c1cccs1. The molecule has 1 unspecified atom stereocenters. The highest BCUT2D eigenvalue weighted by Gasteiger charge is 2.34. The topological polar surface area (TPSA) is 61.9 Å². The Morgan fingerprint density at radius 1 is 1.12 bits per heavy atom. The number of ether oxygens (including phenoxy) is 1. The van der Waals surface area contributed by atoms with Crippen molar-refractivity contribution in [2.75, 3.05) is 38.6 Å². The number of carbonyl (C=O) groups excluding carboxylic acids is 2. The van der Waals surface area contributed by atoms with Crippen LogP contribution in [0.15, 0.2) is 53.2 Å².